The summed E-state index contributed by atoms with van der Waals surface area (Å²) < 4.78 is 11.4. The zero-order valence-electron chi connectivity index (χ0n) is 14.5. The van der Waals surface area contributed by atoms with Gasteiger partial charge in [0, 0.05) is 33.1 Å². The molecule has 1 aromatic heterocycles. The second-order valence-electron chi connectivity index (χ2n) is 6.08. The Labute approximate surface area is 147 Å². The van der Waals surface area contributed by atoms with E-state index in [1.807, 2.05) is 49.3 Å². The minimum absolute atomic E-state index is 0.0355. The first-order valence-electron chi connectivity index (χ1n) is 8.23. The van der Waals surface area contributed by atoms with Crippen molar-refractivity contribution in [2.45, 2.75) is 12.5 Å². The predicted molar refractivity (Wildman–Crippen MR) is 93.9 cm³/mol. The van der Waals surface area contributed by atoms with E-state index in [9.17, 15) is 4.79 Å². The molecule has 7 heteroatoms. The minimum atomic E-state index is -0.0643. The normalized spacial score (nSPS) is 16.6. The van der Waals surface area contributed by atoms with E-state index in [1.165, 1.54) is 6.33 Å². The van der Waals surface area contributed by atoms with Gasteiger partial charge < -0.3 is 19.3 Å². The van der Waals surface area contributed by atoms with Gasteiger partial charge in [0.25, 0.3) is 5.91 Å². The van der Waals surface area contributed by atoms with Gasteiger partial charge in [0.2, 0.25) is 5.88 Å². The van der Waals surface area contributed by atoms with Crippen molar-refractivity contribution in [2.24, 2.45) is 0 Å². The topological polar surface area (TPSA) is 67.8 Å². The lowest BCUT2D eigenvalue weighted by molar-refractivity contribution is -0.132. The average molecular weight is 342 g/mol. The van der Waals surface area contributed by atoms with Gasteiger partial charge in [-0.1, -0.05) is 18.2 Å². The summed E-state index contributed by atoms with van der Waals surface area (Å²) in [6.07, 6.45) is 2.19. The number of para-hydroxylation sites is 1. The highest BCUT2D eigenvalue weighted by Crippen LogP contribution is 2.19. The fraction of sp³-hybridized carbons (Fsp3) is 0.389. The molecule has 1 fully saturated rings. The molecular weight excluding hydrogens is 320 g/mol. The fourth-order valence-corrected chi connectivity index (χ4v) is 2.61. The third-order valence-electron chi connectivity index (χ3n) is 3.98. The van der Waals surface area contributed by atoms with Gasteiger partial charge in [-0.15, -0.1) is 0 Å². The van der Waals surface area contributed by atoms with Crippen molar-refractivity contribution in [1.82, 2.24) is 14.9 Å². The summed E-state index contributed by atoms with van der Waals surface area (Å²) in [5.41, 5.74) is 0. The summed E-state index contributed by atoms with van der Waals surface area (Å²) in [4.78, 5) is 24.2. The molecule has 0 spiro atoms. The van der Waals surface area contributed by atoms with Crippen LogP contribution in [0.15, 0.2) is 42.7 Å². The van der Waals surface area contributed by atoms with Crippen molar-refractivity contribution in [3.63, 3.8) is 0 Å². The second-order valence-corrected chi connectivity index (χ2v) is 6.08. The molecule has 1 aliphatic rings. The molecule has 1 aliphatic heterocycles. The summed E-state index contributed by atoms with van der Waals surface area (Å²) in [7, 11) is 3.82. The highest BCUT2D eigenvalue weighted by Gasteiger charge is 2.28. The number of anilines is 1. The molecule has 0 N–H and O–H groups in total. The first-order valence-corrected chi connectivity index (χ1v) is 8.23. The molecule has 3 rings (SSSR count). The van der Waals surface area contributed by atoms with Crippen molar-refractivity contribution < 1.29 is 14.3 Å². The van der Waals surface area contributed by atoms with E-state index in [2.05, 4.69) is 9.97 Å². The average Bonchev–Trinajstić information content (AvgIpc) is 3.09. The quantitative estimate of drug-likeness (QED) is 0.794. The van der Waals surface area contributed by atoms with E-state index >= 15 is 0 Å². The van der Waals surface area contributed by atoms with Gasteiger partial charge in [-0.05, 0) is 12.1 Å². The number of carbonyl (C=O) groups excluding carboxylic acids is 1. The van der Waals surface area contributed by atoms with Crippen molar-refractivity contribution in [2.75, 3.05) is 38.7 Å². The van der Waals surface area contributed by atoms with Gasteiger partial charge >= 0.3 is 0 Å². The number of carbonyl (C=O) groups is 1. The van der Waals surface area contributed by atoms with Crippen LogP contribution in [0.1, 0.15) is 6.42 Å². The first-order chi connectivity index (χ1) is 12.1. The smallest absolute Gasteiger partial charge is 0.260 e. The van der Waals surface area contributed by atoms with Gasteiger partial charge in [0.15, 0.2) is 6.61 Å². The van der Waals surface area contributed by atoms with E-state index < -0.39 is 0 Å². The van der Waals surface area contributed by atoms with Crippen LogP contribution in [0.2, 0.25) is 0 Å². The summed E-state index contributed by atoms with van der Waals surface area (Å²) in [6, 6.07) is 11.1. The maximum Gasteiger partial charge on any atom is 0.260 e. The molecule has 132 valence electrons. The maximum absolute atomic E-state index is 12.3. The molecule has 25 heavy (non-hydrogen) atoms. The molecule has 1 amide bonds. The molecule has 0 aliphatic carbocycles. The van der Waals surface area contributed by atoms with Crippen LogP contribution in [-0.4, -0.2) is 60.7 Å². The lowest BCUT2D eigenvalue weighted by Crippen LogP contribution is -2.34. The lowest BCUT2D eigenvalue weighted by Gasteiger charge is -2.18. The van der Waals surface area contributed by atoms with Gasteiger partial charge in [-0.2, -0.15) is 0 Å². The van der Waals surface area contributed by atoms with Crippen LogP contribution in [0.3, 0.4) is 0 Å². The van der Waals surface area contributed by atoms with Crippen LogP contribution in [0, 0.1) is 0 Å². The molecule has 1 unspecified atom stereocenters. The highest BCUT2D eigenvalue weighted by molar-refractivity contribution is 5.78. The number of rotatable bonds is 6. The Morgan fingerprint density at radius 3 is 2.84 bits per heavy atom. The Kier molecular flexibility index (Phi) is 5.33. The number of amides is 1. The minimum Gasteiger partial charge on any atom is -0.484 e. The molecule has 1 saturated heterocycles. The summed E-state index contributed by atoms with van der Waals surface area (Å²) in [5.74, 6) is 1.97. The number of hydrogen-bond donors (Lipinski definition) is 0. The van der Waals surface area contributed by atoms with Crippen LogP contribution >= 0.6 is 0 Å². The van der Waals surface area contributed by atoms with E-state index in [-0.39, 0.29) is 18.6 Å². The first kappa shape index (κ1) is 17.0. The van der Waals surface area contributed by atoms with Crippen molar-refractivity contribution in [3.8, 4) is 11.6 Å². The third kappa shape index (κ3) is 4.59. The molecule has 1 aromatic carbocycles. The molecule has 2 heterocycles. The second kappa shape index (κ2) is 7.83. The van der Waals surface area contributed by atoms with Gasteiger partial charge in [0.05, 0.1) is 6.54 Å². The number of nitrogens with zero attached hydrogens (tertiary/aromatic N) is 4. The SMILES string of the molecule is CN(C)c1cc(OC2CCN(C(=O)COc3ccccc3)C2)ncn1. The van der Waals surface area contributed by atoms with Crippen LogP contribution < -0.4 is 14.4 Å². The highest BCUT2D eigenvalue weighted by atomic mass is 16.5. The van der Waals surface area contributed by atoms with Crippen molar-refractivity contribution >= 4 is 11.7 Å². The summed E-state index contributed by atoms with van der Waals surface area (Å²) >= 11 is 0. The molecule has 0 radical (unpaired) electrons. The number of aromatic nitrogens is 2. The Hall–Kier alpha value is -2.83. The Morgan fingerprint density at radius 1 is 1.28 bits per heavy atom. The zero-order valence-corrected chi connectivity index (χ0v) is 14.5. The van der Waals surface area contributed by atoms with E-state index in [4.69, 9.17) is 9.47 Å². The molecule has 1 atom stereocenters. The van der Waals surface area contributed by atoms with Gasteiger partial charge in [0.1, 0.15) is 24.0 Å². The van der Waals surface area contributed by atoms with E-state index in [0.29, 0.717) is 24.7 Å². The Balaban J connectivity index is 1.49. The lowest BCUT2D eigenvalue weighted by atomic mass is 10.3. The molecule has 2 aromatic rings. The zero-order chi connectivity index (χ0) is 17.6. The third-order valence-corrected chi connectivity index (χ3v) is 3.98. The molecule has 0 bridgehead atoms. The standard InChI is InChI=1S/C18H22N4O3/c1-21(2)16-10-17(20-13-19-16)25-15-8-9-22(11-15)18(23)12-24-14-6-4-3-5-7-14/h3-7,10,13,15H,8-9,11-12H2,1-2H3. The van der Waals surface area contributed by atoms with Crippen LogP contribution in [0.4, 0.5) is 5.82 Å². The number of benzene rings is 1. The Morgan fingerprint density at radius 2 is 2.08 bits per heavy atom. The number of hydrogen-bond acceptors (Lipinski definition) is 6. The summed E-state index contributed by atoms with van der Waals surface area (Å²) in [5, 5.41) is 0. The molecular formula is C18H22N4O3. The fourth-order valence-electron chi connectivity index (χ4n) is 2.61. The van der Waals surface area contributed by atoms with Crippen LogP contribution in [-0.2, 0) is 4.79 Å². The van der Waals surface area contributed by atoms with Gasteiger partial charge in [-0.25, -0.2) is 9.97 Å². The monoisotopic (exact) mass is 342 g/mol. The number of likely N-dealkylation sites (tertiary alicyclic amines) is 1. The van der Waals surface area contributed by atoms with Crippen LogP contribution in [0.5, 0.6) is 11.6 Å². The predicted octanol–water partition coefficient (Wildman–Crippen LogP) is 1.60. The molecule has 7 nitrogen and oxygen atoms in total. The largest absolute Gasteiger partial charge is 0.484 e. The van der Waals surface area contributed by atoms with E-state index in [0.717, 1.165) is 12.2 Å². The molecule has 0 saturated carbocycles. The van der Waals surface area contributed by atoms with Crippen molar-refractivity contribution in [3.05, 3.63) is 42.7 Å². The van der Waals surface area contributed by atoms with Crippen LogP contribution in [0.25, 0.3) is 0 Å². The van der Waals surface area contributed by atoms with E-state index in [1.54, 1.807) is 11.0 Å². The van der Waals surface area contributed by atoms with Crippen molar-refractivity contribution in [1.29, 1.82) is 0 Å². The van der Waals surface area contributed by atoms with Gasteiger partial charge in [-0.3, -0.25) is 4.79 Å². The maximum atomic E-state index is 12.3. The Bertz CT molecular complexity index is 708. The summed E-state index contributed by atoms with van der Waals surface area (Å²) in [6.45, 7) is 1.24. The number of ether oxygens (including phenoxy) is 2.